The summed E-state index contributed by atoms with van der Waals surface area (Å²) >= 11 is 0. The summed E-state index contributed by atoms with van der Waals surface area (Å²) in [6.07, 6.45) is 1.67. The van der Waals surface area contributed by atoms with Crippen LogP contribution in [0, 0.1) is 0 Å². The summed E-state index contributed by atoms with van der Waals surface area (Å²) in [5.74, 6) is 0.402. The maximum Gasteiger partial charge on any atom is 0.276 e. The molecule has 0 saturated carbocycles. The van der Waals surface area contributed by atoms with Crippen LogP contribution in [0.1, 0.15) is 17.0 Å². The summed E-state index contributed by atoms with van der Waals surface area (Å²) in [5, 5.41) is 9.81. The standard InChI is InChI=1S/C15H16N4O3/c1-22-9-4-2-3-8(5-9)11(7-20)10-6-17-13-12(10)18-15(16)19-14(13)21/h2-6,11,17,20H,7H2,1H3,(H3,16,18,19,21). The molecule has 0 amide bonds. The molecule has 0 saturated heterocycles. The molecule has 3 aromatic rings. The Morgan fingerprint density at radius 2 is 2.27 bits per heavy atom. The number of H-pyrrole nitrogens is 2. The second-order valence-corrected chi connectivity index (χ2v) is 4.93. The average Bonchev–Trinajstić information content (AvgIpc) is 2.92. The van der Waals surface area contributed by atoms with E-state index in [1.807, 2.05) is 24.3 Å². The lowest BCUT2D eigenvalue weighted by Crippen LogP contribution is -2.12. The monoisotopic (exact) mass is 300 g/mol. The highest BCUT2D eigenvalue weighted by molar-refractivity contribution is 5.80. The number of rotatable bonds is 4. The molecule has 2 heterocycles. The van der Waals surface area contributed by atoms with E-state index in [4.69, 9.17) is 10.5 Å². The first kappa shape index (κ1) is 14.2. The Morgan fingerprint density at radius 1 is 1.45 bits per heavy atom. The molecule has 0 aliphatic rings. The molecule has 5 N–H and O–H groups in total. The molecule has 1 unspecified atom stereocenters. The number of anilines is 1. The zero-order valence-electron chi connectivity index (χ0n) is 12.0. The fraction of sp³-hybridized carbons (Fsp3) is 0.200. The van der Waals surface area contributed by atoms with Crippen molar-refractivity contribution in [3.63, 3.8) is 0 Å². The van der Waals surface area contributed by atoms with Crippen molar-refractivity contribution in [1.29, 1.82) is 0 Å². The topological polar surface area (TPSA) is 117 Å². The first-order valence-electron chi connectivity index (χ1n) is 6.75. The summed E-state index contributed by atoms with van der Waals surface area (Å²) in [6.45, 7) is -0.130. The van der Waals surface area contributed by atoms with Gasteiger partial charge in [0.1, 0.15) is 16.8 Å². The fourth-order valence-corrected chi connectivity index (χ4v) is 2.56. The van der Waals surface area contributed by atoms with Crippen molar-refractivity contribution in [1.82, 2.24) is 15.0 Å². The fourth-order valence-electron chi connectivity index (χ4n) is 2.56. The van der Waals surface area contributed by atoms with Crippen molar-refractivity contribution in [2.24, 2.45) is 0 Å². The van der Waals surface area contributed by atoms with Crippen LogP contribution < -0.4 is 16.0 Å². The van der Waals surface area contributed by atoms with Gasteiger partial charge in [-0.2, -0.15) is 0 Å². The largest absolute Gasteiger partial charge is 0.497 e. The van der Waals surface area contributed by atoms with Gasteiger partial charge in [-0.05, 0) is 17.7 Å². The van der Waals surface area contributed by atoms with Gasteiger partial charge in [-0.15, -0.1) is 0 Å². The zero-order valence-corrected chi connectivity index (χ0v) is 12.0. The van der Waals surface area contributed by atoms with Gasteiger partial charge in [-0.25, -0.2) is 4.98 Å². The summed E-state index contributed by atoms with van der Waals surface area (Å²) in [5.41, 5.74) is 7.65. The maximum atomic E-state index is 11.9. The lowest BCUT2D eigenvalue weighted by Gasteiger charge is -2.14. The summed E-state index contributed by atoms with van der Waals surface area (Å²) < 4.78 is 5.21. The minimum absolute atomic E-state index is 0.0423. The number of nitrogens with two attached hydrogens (primary N) is 1. The van der Waals surface area contributed by atoms with Crippen LogP contribution in [0.15, 0.2) is 35.3 Å². The molecule has 1 aromatic carbocycles. The SMILES string of the molecule is COc1cccc(C(CO)c2c[nH]c3c(=O)[nH]c(N)nc23)c1. The van der Waals surface area contributed by atoms with E-state index in [1.165, 1.54) is 0 Å². The van der Waals surface area contributed by atoms with Crippen LogP contribution in [0.25, 0.3) is 11.0 Å². The van der Waals surface area contributed by atoms with Crippen LogP contribution >= 0.6 is 0 Å². The minimum atomic E-state index is -0.337. The molecule has 2 aromatic heterocycles. The number of hydrogen-bond acceptors (Lipinski definition) is 5. The third-order valence-electron chi connectivity index (χ3n) is 3.64. The number of ether oxygens (including phenoxy) is 1. The van der Waals surface area contributed by atoms with Gasteiger partial charge in [-0.3, -0.25) is 9.78 Å². The molecule has 7 nitrogen and oxygen atoms in total. The lowest BCUT2D eigenvalue weighted by molar-refractivity contribution is 0.281. The highest BCUT2D eigenvalue weighted by Gasteiger charge is 2.20. The van der Waals surface area contributed by atoms with Crippen molar-refractivity contribution < 1.29 is 9.84 Å². The second kappa shape index (κ2) is 5.53. The van der Waals surface area contributed by atoms with Gasteiger partial charge in [0.05, 0.1) is 13.7 Å². The third kappa shape index (κ3) is 2.31. The highest BCUT2D eigenvalue weighted by Crippen LogP contribution is 2.30. The number of nitrogen functional groups attached to an aromatic ring is 1. The number of aromatic nitrogens is 3. The van der Waals surface area contributed by atoms with E-state index in [0.717, 1.165) is 5.56 Å². The molecule has 0 aliphatic heterocycles. The van der Waals surface area contributed by atoms with Gasteiger partial charge in [-0.1, -0.05) is 12.1 Å². The smallest absolute Gasteiger partial charge is 0.276 e. The number of aliphatic hydroxyl groups is 1. The lowest BCUT2D eigenvalue weighted by atomic mass is 9.93. The normalized spacial score (nSPS) is 12.5. The van der Waals surface area contributed by atoms with Crippen molar-refractivity contribution in [2.45, 2.75) is 5.92 Å². The Morgan fingerprint density at radius 3 is 3.00 bits per heavy atom. The van der Waals surface area contributed by atoms with E-state index >= 15 is 0 Å². The Labute approximate surface area is 125 Å². The van der Waals surface area contributed by atoms with E-state index in [2.05, 4.69) is 15.0 Å². The van der Waals surface area contributed by atoms with E-state index in [-0.39, 0.29) is 24.0 Å². The molecule has 0 fully saturated rings. The average molecular weight is 300 g/mol. The Hall–Kier alpha value is -2.80. The Bertz CT molecular complexity index is 869. The number of aromatic amines is 2. The van der Waals surface area contributed by atoms with Gasteiger partial charge in [0, 0.05) is 17.7 Å². The Kier molecular flexibility index (Phi) is 3.56. The molecule has 114 valence electrons. The minimum Gasteiger partial charge on any atom is -0.497 e. The number of aliphatic hydroxyl groups excluding tert-OH is 1. The number of methoxy groups -OCH3 is 1. The number of fused-ring (bicyclic) bond motifs is 1. The zero-order chi connectivity index (χ0) is 15.7. The molecule has 22 heavy (non-hydrogen) atoms. The van der Waals surface area contributed by atoms with Crippen LogP contribution in [0.5, 0.6) is 5.75 Å². The molecule has 1 atom stereocenters. The number of nitrogens with one attached hydrogen (secondary N) is 2. The summed E-state index contributed by atoms with van der Waals surface area (Å²) in [7, 11) is 1.58. The Balaban J connectivity index is 2.17. The molecule has 3 rings (SSSR count). The summed E-state index contributed by atoms with van der Waals surface area (Å²) in [6, 6.07) is 7.41. The van der Waals surface area contributed by atoms with E-state index in [9.17, 15) is 9.90 Å². The molecule has 7 heteroatoms. The number of hydrogen-bond donors (Lipinski definition) is 4. The van der Waals surface area contributed by atoms with Crippen molar-refractivity contribution in [2.75, 3.05) is 19.5 Å². The van der Waals surface area contributed by atoms with E-state index < -0.39 is 0 Å². The van der Waals surface area contributed by atoms with Gasteiger partial charge in [0.2, 0.25) is 5.95 Å². The molecule has 0 radical (unpaired) electrons. The van der Waals surface area contributed by atoms with Crippen LogP contribution in [0.4, 0.5) is 5.95 Å². The van der Waals surface area contributed by atoms with Crippen molar-refractivity contribution in [3.8, 4) is 5.75 Å². The van der Waals surface area contributed by atoms with Gasteiger partial charge >= 0.3 is 0 Å². The first-order valence-corrected chi connectivity index (χ1v) is 6.75. The van der Waals surface area contributed by atoms with Gasteiger partial charge in [0.25, 0.3) is 5.56 Å². The van der Waals surface area contributed by atoms with Gasteiger partial charge < -0.3 is 20.6 Å². The highest BCUT2D eigenvalue weighted by atomic mass is 16.5. The predicted octanol–water partition coefficient (Wildman–Crippen LogP) is 0.966. The predicted molar refractivity (Wildman–Crippen MR) is 83.0 cm³/mol. The maximum absolute atomic E-state index is 11.9. The second-order valence-electron chi connectivity index (χ2n) is 4.93. The molecular weight excluding hydrogens is 284 g/mol. The van der Waals surface area contributed by atoms with Crippen LogP contribution in [-0.4, -0.2) is 33.8 Å². The van der Waals surface area contributed by atoms with Crippen LogP contribution in [0.3, 0.4) is 0 Å². The number of benzene rings is 1. The molecule has 0 aliphatic carbocycles. The van der Waals surface area contributed by atoms with Crippen molar-refractivity contribution in [3.05, 3.63) is 51.9 Å². The van der Waals surface area contributed by atoms with Gasteiger partial charge in [0.15, 0.2) is 0 Å². The first-order chi connectivity index (χ1) is 10.6. The van der Waals surface area contributed by atoms with Crippen molar-refractivity contribution >= 4 is 17.0 Å². The molecular formula is C15H16N4O3. The van der Waals surface area contributed by atoms with Crippen LogP contribution in [-0.2, 0) is 0 Å². The molecule has 0 spiro atoms. The third-order valence-corrected chi connectivity index (χ3v) is 3.64. The molecule has 0 bridgehead atoms. The summed E-state index contributed by atoms with van der Waals surface area (Å²) in [4.78, 5) is 21.4. The van der Waals surface area contributed by atoms with E-state index in [1.54, 1.807) is 13.3 Å². The van der Waals surface area contributed by atoms with Crippen LogP contribution in [0.2, 0.25) is 0 Å². The number of nitrogens with zero attached hydrogens (tertiary/aromatic N) is 1. The van der Waals surface area contributed by atoms with E-state index in [0.29, 0.717) is 22.3 Å². The quantitative estimate of drug-likeness (QED) is 0.572.